The van der Waals surface area contributed by atoms with E-state index in [0.717, 1.165) is 31.2 Å². The van der Waals surface area contributed by atoms with Gasteiger partial charge in [-0.3, -0.25) is 0 Å². The third kappa shape index (κ3) is 2.19. The molecule has 96 valence electrons. The molecule has 0 heterocycles. The van der Waals surface area contributed by atoms with Gasteiger partial charge in [0.05, 0.1) is 5.54 Å². The molecule has 18 heavy (non-hydrogen) atoms. The van der Waals surface area contributed by atoms with Crippen LogP contribution in [0.15, 0.2) is 23.2 Å². The second-order valence-electron chi connectivity index (χ2n) is 5.34. The van der Waals surface area contributed by atoms with Crippen molar-refractivity contribution >= 4 is 11.8 Å². The van der Waals surface area contributed by atoms with Gasteiger partial charge < -0.3 is 4.90 Å². The van der Waals surface area contributed by atoms with E-state index in [1.54, 1.807) is 6.08 Å². The predicted octanol–water partition coefficient (Wildman–Crippen LogP) is 3.17. The van der Waals surface area contributed by atoms with Gasteiger partial charge in [-0.1, -0.05) is 25.0 Å². The van der Waals surface area contributed by atoms with Gasteiger partial charge in [0, 0.05) is 19.8 Å². The van der Waals surface area contributed by atoms with Crippen LogP contribution in [0.5, 0.6) is 0 Å². The zero-order chi connectivity index (χ0) is 13.2. The van der Waals surface area contributed by atoms with Gasteiger partial charge in [-0.2, -0.15) is 4.99 Å². The quantitative estimate of drug-likeness (QED) is 0.604. The second-order valence-corrected chi connectivity index (χ2v) is 5.34. The maximum Gasteiger partial charge on any atom is 0.235 e. The van der Waals surface area contributed by atoms with Crippen LogP contribution in [0.25, 0.3) is 0 Å². The highest BCUT2D eigenvalue weighted by Crippen LogP contribution is 2.43. The van der Waals surface area contributed by atoms with Gasteiger partial charge in [-0.15, -0.1) is 0 Å². The van der Waals surface area contributed by atoms with Crippen molar-refractivity contribution in [3.05, 3.63) is 29.3 Å². The minimum Gasteiger partial charge on any atom is -0.377 e. The second kappa shape index (κ2) is 4.95. The first-order valence-corrected chi connectivity index (χ1v) is 6.46. The maximum absolute atomic E-state index is 10.7. The Morgan fingerprint density at radius 2 is 1.94 bits per heavy atom. The van der Waals surface area contributed by atoms with Crippen molar-refractivity contribution in [3.8, 4) is 0 Å². The Kier molecular flexibility index (Phi) is 3.53. The summed E-state index contributed by atoms with van der Waals surface area (Å²) in [7, 11) is 4.08. The standard InChI is InChI=1S/C15H20N2O/c1-12-6-7-13(10-14(12)17(2)3)15(16-11-18)8-4-5-9-15/h6-7,10H,4-5,8-9H2,1-3H3. The van der Waals surface area contributed by atoms with Crippen LogP contribution in [0.1, 0.15) is 36.8 Å². The molecule has 0 aliphatic heterocycles. The topological polar surface area (TPSA) is 32.7 Å². The first kappa shape index (κ1) is 12.8. The summed E-state index contributed by atoms with van der Waals surface area (Å²) in [6.45, 7) is 2.10. The van der Waals surface area contributed by atoms with E-state index >= 15 is 0 Å². The van der Waals surface area contributed by atoms with Gasteiger partial charge in [-0.25, -0.2) is 4.79 Å². The van der Waals surface area contributed by atoms with Gasteiger partial charge in [0.1, 0.15) is 0 Å². The molecule has 0 saturated heterocycles. The fraction of sp³-hybridized carbons (Fsp3) is 0.533. The summed E-state index contributed by atoms with van der Waals surface area (Å²) in [5.74, 6) is 0. The van der Waals surface area contributed by atoms with Crippen LogP contribution < -0.4 is 4.90 Å². The van der Waals surface area contributed by atoms with Crippen molar-refractivity contribution in [2.45, 2.75) is 38.1 Å². The number of nitrogens with zero attached hydrogens (tertiary/aromatic N) is 2. The van der Waals surface area contributed by atoms with E-state index in [0.29, 0.717) is 0 Å². The highest BCUT2D eigenvalue weighted by atomic mass is 16.1. The number of isocyanates is 1. The van der Waals surface area contributed by atoms with Crippen molar-refractivity contribution in [2.24, 2.45) is 4.99 Å². The number of hydrogen-bond donors (Lipinski definition) is 0. The molecule has 0 N–H and O–H groups in total. The van der Waals surface area contributed by atoms with Crippen molar-refractivity contribution in [3.63, 3.8) is 0 Å². The predicted molar refractivity (Wildman–Crippen MR) is 73.8 cm³/mol. The van der Waals surface area contributed by atoms with Gasteiger partial charge in [-0.05, 0) is 37.0 Å². The fourth-order valence-electron chi connectivity index (χ4n) is 2.89. The first-order chi connectivity index (χ1) is 8.59. The number of benzene rings is 1. The lowest BCUT2D eigenvalue weighted by Gasteiger charge is -2.25. The lowest BCUT2D eigenvalue weighted by atomic mass is 9.88. The summed E-state index contributed by atoms with van der Waals surface area (Å²) in [5.41, 5.74) is 3.27. The van der Waals surface area contributed by atoms with Gasteiger partial charge >= 0.3 is 0 Å². The third-order valence-corrected chi connectivity index (χ3v) is 3.92. The molecule has 1 saturated carbocycles. The Hall–Kier alpha value is -1.60. The molecule has 1 aromatic rings. The average molecular weight is 244 g/mol. The van der Waals surface area contributed by atoms with Crippen LogP contribution >= 0.6 is 0 Å². The van der Waals surface area contributed by atoms with E-state index in [9.17, 15) is 4.79 Å². The molecular weight excluding hydrogens is 224 g/mol. The van der Waals surface area contributed by atoms with E-state index in [-0.39, 0.29) is 5.54 Å². The monoisotopic (exact) mass is 244 g/mol. The van der Waals surface area contributed by atoms with Crippen LogP contribution in [-0.4, -0.2) is 20.2 Å². The highest BCUT2D eigenvalue weighted by Gasteiger charge is 2.35. The SMILES string of the molecule is Cc1ccc(C2(N=C=O)CCCC2)cc1N(C)C. The molecule has 0 atom stereocenters. The van der Waals surface area contributed by atoms with Crippen molar-refractivity contribution < 1.29 is 4.79 Å². The van der Waals surface area contributed by atoms with E-state index in [1.807, 2.05) is 14.1 Å². The number of rotatable bonds is 3. The largest absolute Gasteiger partial charge is 0.377 e. The fourth-order valence-corrected chi connectivity index (χ4v) is 2.89. The van der Waals surface area contributed by atoms with Gasteiger partial charge in [0.2, 0.25) is 6.08 Å². The van der Waals surface area contributed by atoms with Crippen molar-refractivity contribution in [2.75, 3.05) is 19.0 Å². The molecule has 2 rings (SSSR count). The lowest BCUT2D eigenvalue weighted by molar-refractivity contribution is 0.456. The Bertz CT molecular complexity index is 481. The number of anilines is 1. The molecular formula is C15H20N2O. The number of aliphatic imine (C=N–C) groups is 1. The number of aryl methyl sites for hydroxylation is 1. The van der Waals surface area contributed by atoms with E-state index < -0.39 is 0 Å². The Balaban J connectivity index is 2.49. The number of carbonyl (C=O) groups excluding carboxylic acids is 1. The van der Waals surface area contributed by atoms with Crippen molar-refractivity contribution in [1.82, 2.24) is 0 Å². The molecule has 0 spiro atoms. The summed E-state index contributed by atoms with van der Waals surface area (Å²) in [6.07, 6.45) is 5.96. The minimum atomic E-state index is -0.319. The third-order valence-electron chi connectivity index (χ3n) is 3.92. The summed E-state index contributed by atoms with van der Waals surface area (Å²) in [5, 5.41) is 0. The highest BCUT2D eigenvalue weighted by molar-refractivity contribution is 5.55. The molecule has 0 bridgehead atoms. The van der Waals surface area contributed by atoms with E-state index in [1.165, 1.54) is 11.3 Å². The molecule has 1 fully saturated rings. The molecule has 0 unspecified atom stereocenters. The molecule has 3 nitrogen and oxygen atoms in total. The molecule has 1 aliphatic carbocycles. The first-order valence-electron chi connectivity index (χ1n) is 6.46. The smallest absolute Gasteiger partial charge is 0.235 e. The summed E-state index contributed by atoms with van der Waals surface area (Å²) in [4.78, 5) is 17.0. The normalized spacial score (nSPS) is 17.3. The lowest BCUT2D eigenvalue weighted by Crippen LogP contribution is -2.20. The summed E-state index contributed by atoms with van der Waals surface area (Å²) in [6, 6.07) is 6.39. The Morgan fingerprint density at radius 3 is 2.50 bits per heavy atom. The minimum absolute atomic E-state index is 0.319. The average Bonchev–Trinajstić information content (AvgIpc) is 2.79. The van der Waals surface area contributed by atoms with Crippen LogP contribution in [-0.2, 0) is 10.3 Å². The zero-order valence-electron chi connectivity index (χ0n) is 11.4. The van der Waals surface area contributed by atoms with Crippen LogP contribution in [0.4, 0.5) is 5.69 Å². The molecule has 0 amide bonds. The number of hydrogen-bond acceptors (Lipinski definition) is 3. The van der Waals surface area contributed by atoms with Crippen LogP contribution in [0.3, 0.4) is 0 Å². The molecule has 0 radical (unpaired) electrons. The zero-order valence-corrected chi connectivity index (χ0v) is 11.4. The maximum atomic E-state index is 10.7. The molecule has 1 aromatic carbocycles. The molecule has 0 aromatic heterocycles. The van der Waals surface area contributed by atoms with Crippen LogP contribution in [0.2, 0.25) is 0 Å². The van der Waals surface area contributed by atoms with Gasteiger partial charge in [0.25, 0.3) is 0 Å². The summed E-state index contributed by atoms with van der Waals surface area (Å²) >= 11 is 0. The van der Waals surface area contributed by atoms with E-state index in [2.05, 4.69) is 35.0 Å². The molecule has 3 heteroatoms. The Labute approximate surface area is 109 Å². The summed E-state index contributed by atoms with van der Waals surface area (Å²) < 4.78 is 0. The van der Waals surface area contributed by atoms with Crippen molar-refractivity contribution in [1.29, 1.82) is 0 Å². The van der Waals surface area contributed by atoms with Crippen LogP contribution in [0, 0.1) is 6.92 Å². The van der Waals surface area contributed by atoms with Gasteiger partial charge in [0.15, 0.2) is 0 Å². The van der Waals surface area contributed by atoms with E-state index in [4.69, 9.17) is 0 Å². The Morgan fingerprint density at radius 1 is 1.28 bits per heavy atom. The molecule has 1 aliphatic rings.